The van der Waals surface area contributed by atoms with Crippen molar-refractivity contribution in [1.82, 2.24) is 15.1 Å². The average Bonchev–Trinajstić information content (AvgIpc) is 2.70. The lowest BCUT2D eigenvalue weighted by molar-refractivity contribution is -0.135. The molecule has 0 aromatic rings. The van der Waals surface area contributed by atoms with Crippen molar-refractivity contribution in [2.24, 2.45) is 5.92 Å². The fraction of sp³-hybridized carbons (Fsp3) is 0.933. The Bertz CT molecular complexity index is 311. The Morgan fingerprint density at radius 1 is 1.25 bits per heavy atom. The molecule has 0 aliphatic carbocycles. The molecule has 0 aromatic carbocycles. The van der Waals surface area contributed by atoms with E-state index in [4.69, 9.17) is 4.74 Å². The zero-order chi connectivity index (χ0) is 14.4. The van der Waals surface area contributed by atoms with E-state index in [0.29, 0.717) is 11.8 Å². The van der Waals surface area contributed by atoms with E-state index in [1.54, 1.807) is 7.11 Å². The summed E-state index contributed by atoms with van der Waals surface area (Å²) in [7, 11) is 1.74. The van der Waals surface area contributed by atoms with Gasteiger partial charge in [-0.25, -0.2) is 0 Å². The van der Waals surface area contributed by atoms with Crippen LogP contribution in [-0.4, -0.2) is 74.7 Å². The molecular weight excluding hydrogens is 254 g/mol. The predicted octanol–water partition coefficient (Wildman–Crippen LogP) is 0.555. The number of carbonyl (C=O) groups excluding carboxylic acids is 1. The highest BCUT2D eigenvalue weighted by Crippen LogP contribution is 2.18. The second-order valence-corrected chi connectivity index (χ2v) is 6.06. The molecule has 2 fully saturated rings. The van der Waals surface area contributed by atoms with Crippen molar-refractivity contribution in [1.29, 1.82) is 0 Å². The van der Waals surface area contributed by atoms with Crippen molar-refractivity contribution in [2.45, 2.75) is 32.2 Å². The first-order valence-electron chi connectivity index (χ1n) is 7.96. The zero-order valence-electron chi connectivity index (χ0n) is 12.9. The van der Waals surface area contributed by atoms with Gasteiger partial charge in [-0.3, -0.25) is 9.69 Å². The van der Waals surface area contributed by atoms with Crippen LogP contribution in [0, 0.1) is 5.92 Å². The molecule has 2 aliphatic rings. The Balaban J connectivity index is 1.84. The number of methoxy groups -OCH3 is 1. The lowest BCUT2D eigenvalue weighted by Gasteiger charge is -2.33. The highest BCUT2D eigenvalue weighted by Gasteiger charge is 2.31. The lowest BCUT2D eigenvalue weighted by atomic mass is 9.92. The summed E-state index contributed by atoms with van der Waals surface area (Å²) in [4.78, 5) is 17.1. The highest BCUT2D eigenvalue weighted by atomic mass is 16.5. The van der Waals surface area contributed by atoms with E-state index in [1.807, 2.05) is 0 Å². The van der Waals surface area contributed by atoms with Gasteiger partial charge in [0, 0.05) is 33.3 Å². The van der Waals surface area contributed by atoms with Crippen LogP contribution < -0.4 is 5.32 Å². The van der Waals surface area contributed by atoms with Gasteiger partial charge in [0.1, 0.15) is 0 Å². The zero-order valence-corrected chi connectivity index (χ0v) is 12.9. The van der Waals surface area contributed by atoms with Gasteiger partial charge in [0.25, 0.3) is 0 Å². The predicted molar refractivity (Wildman–Crippen MR) is 79.7 cm³/mol. The fourth-order valence-corrected chi connectivity index (χ4v) is 3.21. The lowest BCUT2D eigenvalue weighted by Crippen LogP contribution is -2.53. The van der Waals surface area contributed by atoms with E-state index in [9.17, 15) is 4.79 Å². The summed E-state index contributed by atoms with van der Waals surface area (Å²) in [6, 6.07) is 0.0364. The SMILES string of the molecule is COCCN1CCCN(C(=O)C2NCCCC2C)CC1. The van der Waals surface area contributed by atoms with Crippen molar-refractivity contribution in [3.05, 3.63) is 0 Å². The third-order valence-electron chi connectivity index (χ3n) is 4.55. The maximum absolute atomic E-state index is 12.7. The van der Waals surface area contributed by atoms with Crippen LogP contribution in [-0.2, 0) is 9.53 Å². The summed E-state index contributed by atoms with van der Waals surface area (Å²) in [5.74, 6) is 0.773. The Morgan fingerprint density at radius 3 is 2.85 bits per heavy atom. The number of rotatable bonds is 4. The molecule has 2 atom stereocenters. The quantitative estimate of drug-likeness (QED) is 0.819. The first-order chi connectivity index (χ1) is 9.72. The third kappa shape index (κ3) is 4.17. The van der Waals surface area contributed by atoms with Gasteiger partial charge in [0.05, 0.1) is 12.6 Å². The Kier molecular flexibility index (Phi) is 6.26. The van der Waals surface area contributed by atoms with Gasteiger partial charge in [-0.05, 0) is 38.3 Å². The minimum Gasteiger partial charge on any atom is -0.383 e. The number of nitrogens with one attached hydrogen (secondary N) is 1. The van der Waals surface area contributed by atoms with E-state index in [0.717, 1.165) is 58.7 Å². The van der Waals surface area contributed by atoms with Crippen molar-refractivity contribution >= 4 is 5.91 Å². The topological polar surface area (TPSA) is 44.8 Å². The molecule has 5 heteroatoms. The molecule has 0 aromatic heterocycles. The molecule has 5 nitrogen and oxygen atoms in total. The van der Waals surface area contributed by atoms with Gasteiger partial charge in [-0.2, -0.15) is 0 Å². The normalized spacial score (nSPS) is 29.2. The van der Waals surface area contributed by atoms with Gasteiger partial charge >= 0.3 is 0 Å². The molecule has 1 amide bonds. The number of carbonyl (C=O) groups is 1. The molecule has 20 heavy (non-hydrogen) atoms. The Morgan fingerprint density at radius 2 is 2.10 bits per heavy atom. The highest BCUT2D eigenvalue weighted by molar-refractivity contribution is 5.82. The van der Waals surface area contributed by atoms with E-state index in [-0.39, 0.29) is 6.04 Å². The molecule has 0 spiro atoms. The molecular formula is C15H29N3O2. The van der Waals surface area contributed by atoms with Crippen molar-refractivity contribution in [2.75, 3.05) is 53.0 Å². The summed E-state index contributed by atoms with van der Waals surface area (Å²) in [6.07, 6.45) is 3.42. The Hall–Kier alpha value is -0.650. The summed E-state index contributed by atoms with van der Waals surface area (Å²) in [6.45, 7) is 8.70. The number of hydrogen-bond acceptors (Lipinski definition) is 4. The molecule has 2 heterocycles. The molecule has 0 bridgehead atoms. The second kappa shape index (κ2) is 7.96. The summed E-state index contributed by atoms with van der Waals surface area (Å²) >= 11 is 0. The maximum Gasteiger partial charge on any atom is 0.240 e. The molecule has 2 unspecified atom stereocenters. The van der Waals surface area contributed by atoms with Crippen LogP contribution in [0.3, 0.4) is 0 Å². The first kappa shape index (κ1) is 15.7. The summed E-state index contributed by atoms with van der Waals surface area (Å²) in [5, 5.41) is 3.41. The van der Waals surface area contributed by atoms with Crippen LogP contribution in [0.2, 0.25) is 0 Å². The molecule has 2 aliphatic heterocycles. The Labute approximate surface area is 122 Å². The van der Waals surface area contributed by atoms with Crippen molar-refractivity contribution < 1.29 is 9.53 Å². The van der Waals surface area contributed by atoms with Crippen LogP contribution in [0.1, 0.15) is 26.2 Å². The first-order valence-corrected chi connectivity index (χ1v) is 7.96. The molecule has 0 radical (unpaired) electrons. The van der Waals surface area contributed by atoms with Crippen molar-refractivity contribution in [3.8, 4) is 0 Å². The number of hydrogen-bond donors (Lipinski definition) is 1. The number of amides is 1. The van der Waals surface area contributed by atoms with Gasteiger partial charge in [-0.1, -0.05) is 6.92 Å². The molecule has 1 N–H and O–H groups in total. The van der Waals surface area contributed by atoms with Crippen LogP contribution in [0.25, 0.3) is 0 Å². The smallest absolute Gasteiger partial charge is 0.240 e. The molecule has 2 rings (SSSR count). The monoisotopic (exact) mass is 283 g/mol. The third-order valence-corrected chi connectivity index (χ3v) is 4.55. The van der Waals surface area contributed by atoms with E-state index >= 15 is 0 Å². The van der Waals surface area contributed by atoms with Gasteiger partial charge in [-0.15, -0.1) is 0 Å². The second-order valence-electron chi connectivity index (χ2n) is 6.06. The van der Waals surface area contributed by atoms with Gasteiger partial charge in [0.15, 0.2) is 0 Å². The molecule has 0 saturated carbocycles. The number of ether oxygens (including phenoxy) is 1. The van der Waals surface area contributed by atoms with Crippen LogP contribution >= 0.6 is 0 Å². The average molecular weight is 283 g/mol. The van der Waals surface area contributed by atoms with Gasteiger partial charge < -0.3 is 15.0 Å². The number of piperidine rings is 1. The summed E-state index contributed by atoms with van der Waals surface area (Å²) in [5.41, 5.74) is 0. The summed E-state index contributed by atoms with van der Waals surface area (Å²) < 4.78 is 5.14. The minimum atomic E-state index is 0.0364. The van der Waals surface area contributed by atoms with Gasteiger partial charge in [0.2, 0.25) is 5.91 Å². The van der Waals surface area contributed by atoms with Crippen LogP contribution in [0.4, 0.5) is 0 Å². The standard InChI is InChI=1S/C15H29N3O2/c1-13-5-3-6-16-14(13)15(19)18-8-4-7-17(9-10-18)11-12-20-2/h13-14,16H,3-12H2,1-2H3. The molecule has 116 valence electrons. The van der Waals surface area contributed by atoms with Crippen LogP contribution in [0.15, 0.2) is 0 Å². The van der Waals surface area contributed by atoms with E-state index < -0.39 is 0 Å². The van der Waals surface area contributed by atoms with Crippen LogP contribution in [0.5, 0.6) is 0 Å². The minimum absolute atomic E-state index is 0.0364. The fourth-order valence-electron chi connectivity index (χ4n) is 3.21. The largest absolute Gasteiger partial charge is 0.383 e. The van der Waals surface area contributed by atoms with E-state index in [2.05, 4.69) is 22.0 Å². The molecule has 2 saturated heterocycles. The maximum atomic E-state index is 12.7. The van der Waals surface area contributed by atoms with Crippen molar-refractivity contribution in [3.63, 3.8) is 0 Å². The number of nitrogens with zero attached hydrogens (tertiary/aromatic N) is 2. The van der Waals surface area contributed by atoms with E-state index in [1.165, 1.54) is 6.42 Å².